The number of nitrogens with one attached hydrogen (secondary N) is 2. The van der Waals surface area contributed by atoms with E-state index in [0.717, 1.165) is 31.7 Å². The van der Waals surface area contributed by atoms with E-state index < -0.39 is 0 Å². The molecule has 2 N–H and O–H groups in total. The van der Waals surface area contributed by atoms with Crippen molar-refractivity contribution in [3.05, 3.63) is 58.9 Å². The largest absolute Gasteiger partial charge is 0.376 e. The summed E-state index contributed by atoms with van der Waals surface area (Å²) in [6.45, 7) is 6.95. The first-order valence-electron chi connectivity index (χ1n) is 8.95. The molecule has 2 amide bonds. The Morgan fingerprint density at radius 3 is 2.96 bits per heavy atom. The van der Waals surface area contributed by atoms with E-state index in [9.17, 15) is 4.79 Å². The van der Waals surface area contributed by atoms with E-state index in [1.54, 1.807) is 0 Å². The van der Waals surface area contributed by atoms with E-state index in [-0.39, 0.29) is 12.1 Å². The number of urea groups is 1. The molecule has 0 radical (unpaired) electrons. The van der Waals surface area contributed by atoms with Crippen LogP contribution in [0.4, 0.5) is 4.79 Å². The predicted octanol–water partition coefficient (Wildman–Crippen LogP) is 3.13. The summed E-state index contributed by atoms with van der Waals surface area (Å²) in [4.78, 5) is 12.0. The van der Waals surface area contributed by atoms with Gasteiger partial charge in [-0.25, -0.2) is 4.79 Å². The molecule has 5 nitrogen and oxygen atoms in total. The number of aromatic nitrogens is 1. The molecule has 1 saturated heterocycles. The molecule has 25 heavy (non-hydrogen) atoms. The highest BCUT2D eigenvalue weighted by Gasteiger charge is 2.16. The molecule has 1 aromatic heterocycles. The molecule has 2 heterocycles. The molecule has 0 aliphatic carbocycles. The van der Waals surface area contributed by atoms with Crippen molar-refractivity contribution >= 4 is 6.03 Å². The van der Waals surface area contributed by atoms with Gasteiger partial charge in [0.15, 0.2) is 0 Å². The van der Waals surface area contributed by atoms with Crippen molar-refractivity contribution in [3.63, 3.8) is 0 Å². The van der Waals surface area contributed by atoms with Crippen LogP contribution in [0.25, 0.3) is 0 Å². The molecular weight excluding hydrogens is 314 g/mol. The highest BCUT2D eigenvalue weighted by atomic mass is 16.5. The molecule has 134 valence electrons. The van der Waals surface area contributed by atoms with Crippen LogP contribution in [0, 0.1) is 13.8 Å². The molecule has 0 spiro atoms. The Kier molecular flexibility index (Phi) is 5.76. The Morgan fingerprint density at radius 1 is 1.28 bits per heavy atom. The molecule has 1 aromatic carbocycles. The van der Waals surface area contributed by atoms with Crippen LogP contribution in [0.3, 0.4) is 0 Å². The molecule has 1 unspecified atom stereocenters. The van der Waals surface area contributed by atoms with Crippen molar-refractivity contribution in [2.75, 3.05) is 13.2 Å². The minimum atomic E-state index is -0.144. The molecule has 5 heteroatoms. The number of ether oxygens (including phenoxy) is 1. The zero-order valence-electron chi connectivity index (χ0n) is 15.0. The Morgan fingerprint density at radius 2 is 2.16 bits per heavy atom. The van der Waals surface area contributed by atoms with Gasteiger partial charge in [0.05, 0.1) is 12.6 Å². The fraction of sp³-hybridized carbons (Fsp3) is 0.450. The monoisotopic (exact) mass is 341 g/mol. The Labute approximate surface area is 149 Å². The van der Waals surface area contributed by atoms with Crippen molar-refractivity contribution < 1.29 is 9.53 Å². The summed E-state index contributed by atoms with van der Waals surface area (Å²) in [7, 11) is 0. The zero-order chi connectivity index (χ0) is 17.6. The minimum absolute atomic E-state index is 0.144. The quantitative estimate of drug-likeness (QED) is 0.848. The fourth-order valence-electron chi connectivity index (χ4n) is 3.16. The van der Waals surface area contributed by atoms with Crippen molar-refractivity contribution in [1.82, 2.24) is 15.2 Å². The van der Waals surface area contributed by atoms with E-state index in [0.29, 0.717) is 13.1 Å². The van der Waals surface area contributed by atoms with Crippen LogP contribution in [-0.4, -0.2) is 29.9 Å². The minimum Gasteiger partial charge on any atom is -0.376 e. The van der Waals surface area contributed by atoms with Gasteiger partial charge in [0.1, 0.15) is 0 Å². The van der Waals surface area contributed by atoms with Gasteiger partial charge in [-0.2, -0.15) is 0 Å². The second kappa shape index (κ2) is 8.21. The van der Waals surface area contributed by atoms with E-state index in [4.69, 9.17) is 4.74 Å². The number of benzene rings is 1. The second-order valence-corrected chi connectivity index (χ2v) is 6.76. The van der Waals surface area contributed by atoms with E-state index in [2.05, 4.69) is 53.4 Å². The lowest BCUT2D eigenvalue weighted by molar-refractivity contribution is 0.111. The smallest absolute Gasteiger partial charge is 0.315 e. The van der Waals surface area contributed by atoms with Gasteiger partial charge in [0.25, 0.3) is 0 Å². The number of aryl methyl sites for hydroxylation is 2. The van der Waals surface area contributed by atoms with Crippen LogP contribution >= 0.6 is 0 Å². The maximum Gasteiger partial charge on any atom is 0.315 e. The molecule has 0 saturated carbocycles. The van der Waals surface area contributed by atoms with Crippen LogP contribution in [0.15, 0.2) is 36.5 Å². The van der Waals surface area contributed by atoms with Crippen molar-refractivity contribution in [1.29, 1.82) is 0 Å². The Hall–Kier alpha value is -2.27. The highest BCUT2D eigenvalue weighted by Crippen LogP contribution is 2.14. The van der Waals surface area contributed by atoms with Crippen LogP contribution in [0.1, 0.15) is 35.2 Å². The lowest BCUT2D eigenvalue weighted by Gasteiger charge is -2.14. The van der Waals surface area contributed by atoms with Gasteiger partial charge < -0.3 is 19.9 Å². The molecule has 3 rings (SSSR count). The summed E-state index contributed by atoms with van der Waals surface area (Å²) in [6.07, 6.45) is 4.33. The summed E-state index contributed by atoms with van der Waals surface area (Å²) >= 11 is 0. The van der Waals surface area contributed by atoms with Gasteiger partial charge in [0, 0.05) is 31.6 Å². The van der Waals surface area contributed by atoms with Crippen molar-refractivity contribution in [2.24, 2.45) is 0 Å². The van der Waals surface area contributed by atoms with E-state index in [1.807, 2.05) is 12.1 Å². The lowest BCUT2D eigenvalue weighted by Crippen LogP contribution is -2.39. The predicted molar refractivity (Wildman–Crippen MR) is 98.7 cm³/mol. The van der Waals surface area contributed by atoms with Crippen LogP contribution in [0.2, 0.25) is 0 Å². The third-order valence-corrected chi connectivity index (χ3v) is 4.71. The Bertz CT molecular complexity index is 717. The molecule has 2 aromatic rings. The average molecular weight is 341 g/mol. The number of hydrogen-bond acceptors (Lipinski definition) is 2. The zero-order valence-corrected chi connectivity index (χ0v) is 15.0. The standard InChI is InChI=1S/C20H27N3O2/c1-15-7-8-16(2)17(11-15)14-23-9-3-5-18(23)12-21-20(24)22-13-19-6-4-10-25-19/h3,5,7-9,11,19H,4,6,10,12-14H2,1-2H3,(H2,21,22,24). The highest BCUT2D eigenvalue weighted by molar-refractivity contribution is 5.73. The van der Waals surface area contributed by atoms with Gasteiger partial charge in [-0.3, -0.25) is 0 Å². The average Bonchev–Trinajstić information content (AvgIpc) is 3.26. The molecule has 1 fully saturated rings. The molecule has 0 bridgehead atoms. The van der Waals surface area contributed by atoms with Crippen molar-refractivity contribution in [2.45, 2.75) is 45.9 Å². The normalized spacial score (nSPS) is 16.8. The number of hydrogen-bond donors (Lipinski definition) is 2. The number of carbonyl (C=O) groups excluding carboxylic acids is 1. The first kappa shape index (κ1) is 17.5. The number of carbonyl (C=O) groups is 1. The third-order valence-electron chi connectivity index (χ3n) is 4.71. The number of nitrogens with zero attached hydrogens (tertiary/aromatic N) is 1. The first-order chi connectivity index (χ1) is 12.1. The fourth-order valence-corrected chi connectivity index (χ4v) is 3.16. The van der Waals surface area contributed by atoms with Crippen LogP contribution in [-0.2, 0) is 17.8 Å². The maximum atomic E-state index is 12.0. The number of amides is 2. The third kappa shape index (κ3) is 4.86. The van der Waals surface area contributed by atoms with Gasteiger partial charge in [-0.1, -0.05) is 23.8 Å². The van der Waals surface area contributed by atoms with E-state index >= 15 is 0 Å². The summed E-state index contributed by atoms with van der Waals surface area (Å²) in [5.41, 5.74) is 4.95. The number of rotatable bonds is 6. The Balaban J connectivity index is 1.52. The summed E-state index contributed by atoms with van der Waals surface area (Å²) < 4.78 is 7.70. The summed E-state index contributed by atoms with van der Waals surface area (Å²) in [5, 5.41) is 5.82. The van der Waals surface area contributed by atoms with Gasteiger partial charge in [0.2, 0.25) is 0 Å². The second-order valence-electron chi connectivity index (χ2n) is 6.76. The van der Waals surface area contributed by atoms with Crippen LogP contribution in [0.5, 0.6) is 0 Å². The summed E-state index contributed by atoms with van der Waals surface area (Å²) in [5.74, 6) is 0. The molecule has 1 aliphatic rings. The van der Waals surface area contributed by atoms with Gasteiger partial charge in [-0.05, 0) is 49.9 Å². The van der Waals surface area contributed by atoms with E-state index in [1.165, 1.54) is 16.7 Å². The van der Waals surface area contributed by atoms with Crippen LogP contribution < -0.4 is 10.6 Å². The molecular formula is C20H27N3O2. The van der Waals surface area contributed by atoms with Gasteiger partial charge >= 0.3 is 6.03 Å². The first-order valence-corrected chi connectivity index (χ1v) is 8.95. The topological polar surface area (TPSA) is 55.3 Å². The van der Waals surface area contributed by atoms with Gasteiger partial charge in [-0.15, -0.1) is 0 Å². The SMILES string of the molecule is Cc1ccc(C)c(Cn2cccc2CNC(=O)NCC2CCCO2)c1. The van der Waals surface area contributed by atoms with Crippen molar-refractivity contribution in [3.8, 4) is 0 Å². The molecule has 1 atom stereocenters. The summed E-state index contributed by atoms with van der Waals surface area (Å²) in [6, 6.07) is 10.4. The maximum absolute atomic E-state index is 12.0. The molecule has 1 aliphatic heterocycles. The lowest BCUT2D eigenvalue weighted by atomic mass is 10.1.